The van der Waals surface area contributed by atoms with Crippen LogP contribution in [0, 0.1) is 0 Å². The Hall–Kier alpha value is -2.82. The second-order valence-corrected chi connectivity index (χ2v) is 14.1. The van der Waals surface area contributed by atoms with Crippen molar-refractivity contribution in [2.24, 2.45) is 0 Å². The van der Waals surface area contributed by atoms with Gasteiger partial charge in [-0.15, -0.1) is 0 Å². The molecule has 3 aliphatic rings. The van der Waals surface area contributed by atoms with Crippen LogP contribution in [0.1, 0.15) is 46.3 Å². The molecule has 1 amide bonds. The molecule has 3 aliphatic heterocycles. The largest absolute Gasteiger partial charge is 0.493 e. The highest BCUT2D eigenvalue weighted by atomic mass is 35.5. The van der Waals surface area contributed by atoms with E-state index in [-0.39, 0.29) is 17.4 Å². The predicted octanol–water partition coefficient (Wildman–Crippen LogP) is 5.99. The van der Waals surface area contributed by atoms with E-state index in [1.807, 2.05) is 18.2 Å². The van der Waals surface area contributed by atoms with E-state index in [1.54, 1.807) is 23.1 Å². The predicted molar refractivity (Wildman–Crippen MR) is 171 cm³/mol. The van der Waals surface area contributed by atoms with Crippen LogP contribution in [0.5, 0.6) is 17.2 Å². The maximum atomic E-state index is 13.8. The Bertz CT molecular complexity index is 1570. The number of likely N-dealkylation sites (tertiary alicyclic amines) is 1. The van der Waals surface area contributed by atoms with Gasteiger partial charge in [-0.25, -0.2) is 0 Å². The van der Waals surface area contributed by atoms with Crippen molar-refractivity contribution in [3.8, 4) is 17.2 Å². The number of hydrogen-bond acceptors (Lipinski definition) is 7. The van der Waals surface area contributed by atoms with Crippen molar-refractivity contribution in [2.45, 2.75) is 35.4 Å². The van der Waals surface area contributed by atoms with Crippen molar-refractivity contribution in [2.75, 3.05) is 54.2 Å². The van der Waals surface area contributed by atoms with Crippen LogP contribution in [0.15, 0.2) is 54.6 Å². The van der Waals surface area contributed by atoms with Crippen LogP contribution in [-0.2, 0) is 31.6 Å². The van der Waals surface area contributed by atoms with Gasteiger partial charge in [-0.2, -0.15) is 0 Å². The molecule has 2 saturated heterocycles. The molecule has 0 N–H and O–H groups in total. The molecule has 2 atom stereocenters. The first-order valence-corrected chi connectivity index (χ1v) is 16.7. The van der Waals surface area contributed by atoms with Crippen LogP contribution in [0.2, 0.25) is 10.0 Å². The number of rotatable bonds is 8. The summed E-state index contributed by atoms with van der Waals surface area (Å²) in [5.74, 6) is 1.65. The van der Waals surface area contributed by atoms with E-state index in [9.17, 15) is 9.00 Å². The van der Waals surface area contributed by atoms with Gasteiger partial charge in [0.05, 0.1) is 42.7 Å². The summed E-state index contributed by atoms with van der Waals surface area (Å²) >= 11 is 12.7. The van der Waals surface area contributed by atoms with Crippen LogP contribution in [-0.4, -0.2) is 74.2 Å². The molecule has 3 heterocycles. The Labute approximate surface area is 270 Å². The van der Waals surface area contributed by atoms with Crippen LogP contribution >= 0.6 is 23.2 Å². The molecule has 234 valence electrons. The van der Waals surface area contributed by atoms with E-state index < -0.39 is 16.4 Å². The first-order chi connectivity index (χ1) is 21.2. The van der Waals surface area contributed by atoms with Gasteiger partial charge in [-0.3, -0.25) is 9.00 Å². The lowest BCUT2D eigenvalue weighted by Gasteiger charge is -2.40. The van der Waals surface area contributed by atoms with Crippen molar-refractivity contribution >= 4 is 39.9 Å². The maximum absolute atomic E-state index is 13.8. The number of nitrogens with zero attached hydrogens (tertiary/aromatic N) is 2. The Kier molecular flexibility index (Phi) is 8.87. The fourth-order valence-corrected chi connectivity index (χ4v) is 9.03. The van der Waals surface area contributed by atoms with Gasteiger partial charge in [0.15, 0.2) is 11.5 Å². The Morgan fingerprint density at radius 2 is 1.66 bits per heavy atom. The Morgan fingerprint density at radius 1 is 0.955 bits per heavy atom. The second kappa shape index (κ2) is 12.5. The van der Waals surface area contributed by atoms with Crippen LogP contribution in [0.3, 0.4) is 0 Å². The standard InChI is InChI=1S/C33H36Cl2N2O6S/c1-40-28-16-23(17-29(41-2)30(28)42-3)31(38)37-20-32(43-21-37,24-8-9-26(34)27(35)18-24)10-13-36-14-11-33(12-15-36)25-7-5-4-6-22(25)19-44(33)39/h4-9,16-18H,10-15,19-21H2,1-3H3. The summed E-state index contributed by atoms with van der Waals surface area (Å²) in [4.78, 5) is 17.9. The number of fused-ring (bicyclic) bond motifs is 2. The summed E-state index contributed by atoms with van der Waals surface area (Å²) in [5, 5.41) is 0.893. The highest BCUT2D eigenvalue weighted by Gasteiger charge is 2.48. The molecule has 1 spiro atoms. The number of amides is 1. The molecule has 0 aliphatic carbocycles. The summed E-state index contributed by atoms with van der Waals surface area (Å²) in [6.45, 7) is 2.86. The number of piperidine rings is 1. The molecule has 11 heteroatoms. The van der Waals surface area contributed by atoms with E-state index in [0.717, 1.165) is 38.0 Å². The topological polar surface area (TPSA) is 77.5 Å². The number of carbonyl (C=O) groups is 1. The molecular formula is C33H36Cl2N2O6S. The summed E-state index contributed by atoms with van der Waals surface area (Å²) < 4.78 is 35.9. The zero-order valence-electron chi connectivity index (χ0n) is 25.1. The minimum absolute atomic E-state index is 0.106. The SMILES string of the molecule is COc1cc(C(=O)N2COC(CCN3CCC4(CC3)c3ccccc3CS4=O)(c3ccc(Cl)c(Cl)c3)C2)cc(OC)c1OC. The second-order valence-electron chi connectivity index (χ2n) is 11.5. The molecule has 44 heavy (non-hydrogen) atoms. The average molecular weight is 660 g/mol. The molecule has 0 bridgehead atoms. The summed E-state index contributed by atoms with van der Waals surface area (Å²) in [6.07, 6.45) is 2.34. The molecular weight excluding hydrogens is 623 g/mol. The molecule has 8 nitrogen and oxygen atoms in total. The third kappa shape index (κ3) is 5.47. The molecule has 2 unspecified atom stereocenters. The number of benzene rings is 3. The zero-order chi connectivity index (χ0) is 31.1. The molecule has 2 fully saturated rings. The lowest BCUT2D eigenvalue weighted by atomic mass is 9.85. The molecule has 3 aromatic rings. The van der Waals surface area contributed by atoms with Crippen LogP contribution < -0.4 is 14.2 Å². The number of halogens is 2. The van der Waals surface area contributed by atoms with E-state index >= 15 is 0 Å². The first-order valence-electron chi connectivity index (χ1n) is 14.6. The van der Waals surface area contributed by atoms with Gasteiger partial charge < -0.3 is 28.7 Å². The molecule has 0 aromatic heterocycles. The van der Waals surface area contributed by atoms with Gasteiger partial charge in [0.25, 0.3) is 5.91 Å². The Balaban J connectivity index is 1.21. The molecule has 3 aromatic carbocycles. The lowest BCUT2D eigenvalue weighted by Crippen LogP contribution is -2.45. The van der Waals surface area contributed by atoms with Crippen molar-refractivity contribution in [1.29, 1.82) is 0 Å². The van der Waals surface area contributed by atoms with Gasteiger partial charge in [-0.1, -0.05) is 53.5 Å². The van der Waals surface area contributed by atoms with E-state index in [0.29, 0.717) is 51.6 Å². The van der Waals surface area contributed by atoms with Gasteiger partial charge in [0, 0.05) is 28.7 Å². The number of carbonyl (C=O) groups excluding carboxylic acids is 1. The highest BCUT2D eigenvalue weighted by Crippen LogP contribution is 2.47. The normalized spacial score (nSPS) is 22.7. The minimum Gasteiger partial charge on any atom is -0.493 e. The third-order valence-electron chi connectivity index (χ3n) is 9.31. The van der Waals surface area contributed by atoms with Gasteiger partial charge in [0.2, 0.25) is 5.75 Å². The third-order valence-corrected chi connectivity index (χ3v) is 12.1. The zero-order valence-corrected chi connectivity index (χ0v) is 27.4. The van der Waals surface area contributed by atoms with E-state index in [4.69, 9.17) is 42.1 Å². The fourth-order valence-electron chi connectivity index (χ4n) is 6.83. The van der Waals surface area contributed by atoms with Crippen LogP contribution in [0.25, 0.3) is 0 Å². The smallest absolute Gasteiger partial charge is 0.256 e. The van der Waals surface area contributed by atoms with Crippen LogP contribution in [0.4, 0.5) is 0 Å². The van der Waals surface area contributed by atoms with Gasteiger partial charge in [0.1, 0.15) is 12.3 Å². The first kappa shape index (κ1) is 31.2. The average Bonchev–Trinajstić information content (AvgIpc) is 3.60. The molecule has 0 radical (unpaired) electrons. The quantitative estimate of drug-likeness (QED) is 0.294. The Morgan fingerprint density at radius 3 is 2.32 bits per heavy atom. The number of hydrogen-bond donors (Lipinski definition) is 0. The monoisotopic (exact) mass is 658 g/mol. The van der Waals surface area contributed by atoms with Gasteiger partial charge in [-0.05, 0) is 73.3 Å². The van der Waals surface area contributed by atoms with Crippen molar-refractivity contribution < 1.29 is 28.0 Å². The number of methoxy groups -OCH3 is 3. The van der Waals surface area contributed by atoms with Crippen molar-refractivity contribution in [3.05, 3.63) is 86.9 Å². The summed E-state index contributed by atoms with van der Waals surface area (Å²) in [6, 6.07) is 17.2. The van der Waals surface area contributed by atoms with Crippen molar-refractivity contribution in [1.82, 2.24) is 9.80 Å². The lowest BCUT2D eigenvalue weighted by molar-refractivity contribution is -0.0129. The molecule has 0 saturated carbocycles. The fraction of sp³-hybridized carbons (Fsp3) is 0.424. The van der Waals surface area contributed by atoms with Gasteiger partial charge >= 0.3 is 0 Å². The number of ether oxygens (including phenoxy) is 4. The molecule has 6 rings (SSSR count). The summed E-state index contributed by atoms with van der Waals surface area (Å²) in [7, 11) is 3.65. The van der Waals surface area contributed by atoms with Crippen molar-refractivity contribution in [3.63, 3.8) is 0 Å². The summed E-state index contributed by atoms with van der Waals surface area (Å²) in [5.41, 5.74) is 2.95. The highest BCUT2D eigenvalue weighted by molar-refractivity contribution is 7.85. The van der Waals surface area contributed by atoms with E-state index in [2.05, 4.69) is 23.1 Å². The maximum Gasteiger partial charge on any atom is 0.256 e. The minimum atomic E-state index is -0.912. The van der Waals surface area contributed by atoms with E-state index in [1.165, 1.54) is 32.5 Å².